The van der Waals surface area contributed by atoms with Crippen LogP contribution in [-0.4, -0.2) is 67.1 Å². The highest BCUT2D eigenvalue weighted by molar-refractivity contribution is 7.92. The summed E-state index contributed by atoms with van der Waals surface area (Å²) in [4.78, 5) is 29.5. The van der Waals surface area contributed by atoms with Gasteiger partial charge in [0.25, 0.3) is 0 Å². The van der Waals surface area contributed by atoms with Gasteiger partial charge >= 0.3 is 0 Å². The van der Waals surface area contributed by atoms with Crippen molar-refractivity contribution in [3.8, 4) is 11.1 Å². The van der Waals surface area contributed by atoms with Crippen LogP contribution in [0.4, 0.5) is 4.39 Å². The maximum atomic E-state index is 15.2. The zero-order chi connectivity index (χ0) is 27.0. The van der Waals surface area contributed by atoms with Crippen molar-refractivity contribution in [2.75, 3.05) is 26.0 Å². The Kier molecular flexibility index (Phi) is 7.16. The standard InChI is InChI=1S/C25H26FN5O5S2/c1-31-20-6-3-14(9-15(20)12-28-31)17-10-21-19(11-18(17)26)30-25(37-21)23(38(34,35)8-7-36-2)24(33)27-13-22(32)29-16-4-5-16/h3,6,9-12,16,23H,4-5,7-8,13H2,1-2H3,(H,27,33)(H,29,32). The molecule has 2 heterocycles. The van der Waals surface area contributed by atoms with E-state index in [1.807, 2.05) is 19.2 Å². The fourth-order valence-electron chi connectivity index (χ4n) is 4.14. The molecule has 1 atom stereocenters. The highest BCUT2D eigenvalue weighted by Crippen LogP contribution is 2.36. The van der Waals surface area contributed by atoms with Crippen molar-refractivity contribution in [1.29, 1.82) is 0 Å². The predicted molar refractivity (Wildman–Crippen MR) is 142 cm³/mol. The molecule has 13 heteroatoms. The number of sulfone groups is 1. The van der Waals surface area contributed by atoms with Gasteiger partial charge in [0.05, 0.1) is 40.8 Å². The van der Waals surface area contributed by atoms with Gasteiger partial charge in [-0.3, -0.25) is 14.3 Å². The molecule has 1 aliphatic carbocycles. The van der Waals surface area contributed by atoms with Crippen LogP contribution in [0.2, 0.25) is 0 Å². The third-order valence-corrected chi connectivity index (χ3v) is 9.43. The van der Waals surface area contributed by atoms with Gasteiger partial charge in [-0.25, -0.2) is 17.8 Å². The number of carbonyl (C=O) groups is 2. The lowest BCUT2D eigenvalue weighted by Gasteiger charge is -2.15. The summed E-state index contributed by atoms with van der Waals surface area (Å²) < 4.78 is 48.7. The van der Waals surface area contributed by atoms with Gasteiger partial charge in [-0.1, -0.05) is 6.07 Å². The van der Waals surface area contributed by atoms with Gasteiger partial charge in [-0.05, 0) is 36.6 Å². The number of ether oxygens (including phenoxy) is 1. The summed E-state index contributed by atoms with van der Waals surface area (Å²) in [5.74, 6) is -2.21. The number of nitrogens with one attached hydrogen (secondary N) is 2. The molecule has 1 saturated carbocycles. The molecule has 2 aromatic heterocycles. The van der Waals surface area contributed by atoms with Crippen LogP contribution >= 0.6 is 11.3 Å². The Hall–Kier alpha value is -3.42. The molecule has 10 nitrogen and oxygen atoms in total. The van der Waals surface area contributed by atoms with Crippen LogP contribution in [0, 0.1) is 5.82 Å². The number of hydrogen-bond donors (Lipinski definition) is 2. The van der Waals surface area contributed by atoms with Crippen molar-refractivity contribution < 1.29 is 27.1 Å². The number of rotatable bonds is 10. The highest BCUT2D eigenvalue weighted by atomic mass is 32.2. The topological polar surface area (TPSA) is 132 Å². The molecule has 0 aliphatic heterocycles. The van der Waals surface area contributed by atoms with Crippen molar-refractivity contribution in [2.24, 2.45) is 7.05 Å². The molecule has 0 spiro atoms. The number of aromatic nitrogens is 3. The SMILES string of the molecule is COCCS(=O)(=O)C(C(=O)NCC(=O)NC1CC1)c1nc2cc(F)c(-c3ccc4c(cnn4C)c3)cc2s1. The Balaban J connectivity index is 1.48. The molecular weight excluding hydrogens is 533 g/mol. The van der Waals surface area contributed by atoms with E-state index < -0.39 is 38.5 Å². The lowest BCUT2D eigenvalue weighted by atomic mass is 10.0. The summed E-state index contributed by atoms with van der Waals surface area (Å²) >= 11 is 0.999. The monoisotopic (exact) mass is 559 g/mol. The maximum Gasteiger partial charge on any atom is 0.245 e. The van der Waals surface area contributed by atoms with Crippen LogP contribution in [-0.2, 0) is 31.2 Å². The minimum atomic E-state index is -4.06. The zero-order valence-corrected chi connectivity index (χ0v) is 22.4. The van der Waals surface area contributed by atoms with Crippen LogP contribution in [0.5, 0.6) is 0 Å². The van der Waals surface area contributed by atoms with E-state index in [4.69, 9.17) is 4.74 Å². The molecule has 2 amide bonds. The summed E-state index contributed by atoms with van der Waals surface area (Å²) in [6.45, 7) is -0.471. The van der Waals surface area contributed by atoms with Crippen LogP contribution in [0.15, 0.2) is 36.5 Å². The Morgan fingerprint density at radius 3 is 2.79 bits per heavy atom. The number of carbonyl (C=O) groups excluding carboxylic acids is 2. The number of methoxy groups -OCH3 is 1. The van der Waals surface area contributed by atoms with Crippen molar-refractivity contribution >= 4 is 54.1 Å². The Bertz CT molecular complexity index is 1640. The molecule has 1 fully saturated rings. The Morgan fingerprint density at radius 1 is 1.26 bits per heavy atom. The normalized spacial score (nSPS) is 14.6. The average Bonchev–Trinajstić information content (AvgIpc) is 3.49. The molecule has 0 radical (unpaired) electrons. The van der Waals surface area contributed by atoms with E-state index in [0.717, 1.165) is 35.1 Å². The Labute approximate surface area is 222 Å². The fraction of sp³-hybridized carbons (Fsp3) is 0.360. The van der Waals surface area contributed by atoms with Crippen molar-refractivity contribution in [3.63, 3.8) is 0 Å². The minimum Gasteiger partial charge on any atom is -0.384 e. The first-order chi connectivity index (χ1) is 18.2. The van der Waals surface area contributed by atoms with E-state index >= 15 is 4.39 Å². The van der Waals surface area contributed by atoms with Crippen molar-refractivity contribution in [1.82, 2.24) is 25.4 Å². The summed E-state index contributed by atoms with van der Waals surface area (Å²) in [5.41, 5.74) is 2.08. The summed E-state index contributed by atoms with van der Waals surface area (Å²) in [7, 11) is -0.883. The predicted octanol–water partition coefficient (Wildman–Crippen LogP) is 2.49. The van der Waals surface area contributed by atoms with E-state index in [1.165, 1.54) is 13.2 Å². The van der Waals surface area contributed by atoms with Crippen molar-refractivity contribution in [3.05, 3.63) is 47.4 Å². The summed E-state index contributed by atoms with van der Waals surface area (Å²) in [6, 6.07) is 8.40. The minimum absolute atomic E-state index is 0.00420. The second-order valence-electron chi connectivity index (χ2n) is 9.19. The van der Waals surface area contributed by atoms with E-state index in [0.29, 0.717) is 15.8 Å². The van der Waals surface area contributed by atoms with Gasteiger partial charge in [0, 0.05) is 37.2 Å². The molecule has 4 aromatic rings. The number of nitrogens with zero attached hydrogens (tertiary/aromatic N) is 3. The molecule has 5 rings (SSSR count). The molecule has 2 N–H and O–H groups in total. The van der Waals surface area contributed by atoms with Crippen LogP contribution in [0.3, 0.4) is 0 Å². The first kappa shape index (κ1) is 26.2. The fourth-order valence-corrected chi connectivity index (χ4v) is 7.10. The number of fused-ring (bicyclic) bond motifs is 2. The van der Waals surface area contributed by atoms with E-state index in [9.17, 15) is 18.0 Å². The molecule has 38 heavy (non-hydrogen) atoms. The van der Waals surface area contributed by atoms with E-state index in [1.54, 1.807) is 23.0 Å². The van der Waals surface area contributed by atoms with Crippen molar-refractivity contribution in [2.45, 2.75) is 24.1 Å². The second kappa shape index (κ2) is 10.4. The van der Waals surface area contributed by atoms with Crippen LogP contribution in [0.25, 0.3) is 32.2 Å². The first-order valence-electron chi connectivity index (χ1n) is 12.0. The smallest absolute Gasteiger partial charge is 0.245 e. The van der Waals surface area contributed by atoms with Gasteiger partial charge in [0.1, 0.15) is 10.8 Å². The number of halogens is 1. The van der Waals surface area contributed by atoms with Crippen LogP contribution in [0.1, 0.15) is 23.1 Å². The highest BCUT2D eigenvalue weighted by Gasteiger charge is 2.37. The molecule has 200 valence electrons. The number of benzene rings is 2. The van der Waals surface area contributed by atoms with E-state index in [2.05, 4.69) is 20.7 Å². The van der Waals surface area contributed by atoms with Gasteiger partial charge in [0.2, 0.25) is 11.8 Å². The molecule has 0 saturated heterocycles. The molecule has 1 aliphatic rings. The van der Waals surface area contributed by atoms with E-state index in [-0.39, 0.29) is 29.7 Å². The van der Waals surface area contributed by atoms with Gasteiger partial charge in [0.15, 0.2) is 15.1 Å². The lowest BCUT2D eigenvalue weighted by molar-refractivity contribution is -0.126. The average molecular weight is 560 g/mol. The molecular formula is C25H26FN5O5S2. The number of amides is 2. The zero-order valence-electron chi connectivity index (χ0n) is 20.7. The quantitative estimate of drug-likeness (QED) is 0.305. The summed E-state index contributed by atoms with van der Waals surface area (Å²) in [6.07, 6.45) is 3.46. The van der Waals surface area contributed by atoms with Crippen LogP contribution < -0.4 is 10.6 Å². The first-order valence-corrected chi connectivity index (χ1v) is 14.5. The number of thiazole rings is 1. The molecule has 1 unspecified atom stereocenters. The third-order valence-electron chi connectivity index (χ3n) is 6.31. The number of aryl methyl sites for hydroxylation is 1. The van der Waals surface area contributed by atoms with Gasteiger partial charge in [-0.2, -0.15) is 5.10 Å². The third kappa shape index (κ3) is 5.40. The second-order valence-corrected chi connectivity index (χ2v) is 12.5. The lowest BCUT2D eigenvalue weighted by Crippen LogP contribution is -2.41. The largest absolute Gasteiger partial charge is 0.384 e. The van der Waals surface area contributed by atoms with Gasteiger partial charge in [-0.15, -0.1) is 11.3 Å². The summed E-state index contributed by atoms with van der Waals surface area (Å²) in [5, 5.41) is 8.56. The molecule has 0 bridgehead atoms. The molecule has 2 aromatic carbocycles. The number of hydrogen-bond acceptors (Lipinski definition) is 8. The van der Waals surface area contributed by atoms with Gasteiger partial charge < -0.3 is 15.4 Å². The maximum absolute atomic E-state index is 15.2. The Morgan fingerprint density at radius 2 is 2.05 bits per heavy atom.